The third kappa shape index (κ3) is 14.8. The molecule has 2 aromatic heterocycles. The first kappa shape index (κ1) is 67.6. The first-order valence-electron chi connectivity index (χ1n) is 34.6. The van der Waals surface area contributed by atoms with Crippen molar-refractivity contribution in [2.24, 2.45) is 0 Å². The number of fused-ring (bicyclic) bond motifs is 4. The molecular weight excluding hydrogens is 1340 g/mol. The molecule has 0 aliphatic carbocycles. The minimum Gasteiger partial charge on any atom is -0.456 e. The molecule has 0 saturated carbocycles. The fourth-order valence-corrected chi connectivity index (χ4v) is 12.9. The minimum absolute atomic E-state index is 0.707. The van der Waals surface area contributed by atoms with Crippen LogP contribution in [0.25, 0.3) is 145 Å². The molecule has 0 unspecified atom stereocenters. The van der Waals surface area contributed by atoms with Crippen molar-refractivity contribution in [3.05, 3.63) is 344 Å². The van der Waals surface area contributed by atoms with Crippen molar-refractivity contribution >= 4 is 50.8 Å². The summed E-state index contributed by atoms with van der Waals surface area (Å²) < 4.78 is 13.3. The Morgan fingerprint density at radius 3 is 0.942 bits per heavy atom. The van der Waals surface area contributed by atoms with E-state index in [0.29, 0.717) is 5.82 Å². The molecule has 500 valence electrons. The van der Waals surface area contributed by atoms with E-state index in [0.717, 1.165) is 123 Å². The second-order valence-corrected chi connectivity index (χ2v) is 27.7. The fraction of sp³-hybridized carbons (Fsp3) is 0.0638. The van der Waals surface area contributed by atoms with E-state index in [-0.39, 0.29) is 0 Å². The van der Waals surface area contributed by atoms with E-state index in [4.69, 9.17) is 47.5 Å². The average molecular weight is 1410 g/mol. The van der Waals surface area contributed by atoms with Crippen LogP contribution in [0.15, 0.2) is 344 Å². The van der Waals surface area contributed by atoms with Crippen molar-refractivity contribution < 1.29 is 19.7 Å². The monoisotopic (exact) mass is 1410 g/mol. The van der Waals surface area contributed by atoms with Crippen molar-refractivity contribution in [2.75, 3.05) is 0 Å². The van der Waals surface area contributed by atoms with Crippen LogP contribution in [0.1, 0.15) is 27.7 Å². The lowest BCUT2D eigenvalue weighted by atomic mass is 9.89. The molecule has 8 nitrogen and oxygen atoms in total. The van der Waals surface area contributed by atoms with Crippen LogP contribution in [0.3, 0.4) is 0 Å². The Labute approximate surface area is 615 Å². The van der Waals surface area contributed by atoms with Crippen LogP contribution in [-0.4, -0.2) is 49.2 Å². The van der Waals surface area contributed by atoms with E-state index in [1.807, 2.05) is 115 Å². The second-order valence-electron chi connectivity index (χ2n) is 26.7. The quantitative estimate of drug-likeness (QED) is 0.130. The number of ether oxygens (including phenoxy) is 2. The van der Waals surface area contributed by atoms with Gasteiger partial charge in [0.25, 0.3) is 0 Å². The summed E-state index contributed by atoms with van der Waals surface area (Å²) in [5, 5.41) is 22.9. The SMILES string of the molecule is Brc1ccc(-c2cc(-c3ccc(-c4ccccc4)cc3)nc(-c3ccccc3)n2)cc1.CC(C)(O)C(C)(C)O.[B]c1ccc2c(c1)-c1cccc3cccc(c13)O2.c1ccc(-c2ccc(-c3cc(-c4ccc(-c5ccc6c(c5)-c5cccc7cccc(c57)O6)cc4)nc(-c4ccccc4)n3)cc2)cc1. The maximum atomic E-state index is 9.10. The summed E-state index contributed by atoms with van der Waals surface area (Å²) in [7, 11) is 5.87. The van der Waals surface area contributed by atoms with Gasteiger partial charge in [0.05, 0.1) is 34.0 Å². The lowest BCUT2D eigenvalue weighted by Crippen LogP contribution is -2.44. The average Bonchev–Trinajstić information content (AvgIpc) is 0.757. The van der Waals surface area contributed by atoms with Crippen LogP contribution >= 0.6 is 15.9 Å². The number of benzene rings is 14. The van der Waals surface area contributed by atoms with Gasteiger partial charge in [-0.1, -0.05) is 307 Å². The molecule has 0 fully saturated rings. The Balaban J connectivity index is 0.000000130. The minimum atomic E-state index is -1.01. The molecule has 4 heterocycles. The molecule has 16 aromatic rings. The third-order valence-electron chi connectivity index (χ3n) is 19.0. The van der Waals surface area contributed by atoms with E-state index < -0.39 is 11.2 Å². The zero-order chi connectivity index (χ0) is 71.3. The standard InChI is InChI=1S/C44H28N2O.C28H19BrN2.C16H9BO.C6H14O2/c1-3-9-29(10-4-1)30-17-21-32(22-18-30)39-28-40(46-44(45-39)35-11-5-2-6-12-35)33-23-19-31(20-24-33)36-25-26-41-38(27-36)37-15-7-13-34-14-8-16-42(47-41)43(34)37;29-25-17-15-23(16-18-25)27-19-26(30-28(31-27)24-9-5-2-6-10-24)22-13-11-21(12-14-22)20-7-3-1-4-8-20;17-11-7-8-14-13(9-11)12-5-1-3-10-4-2-6-15(18-14)16(10)12;1-5(2,7)6(3,4)8/h1-28H;1-19H;1-9H;7-8H,1-4H3. The molecule has 2 aliphatic heterocycles. The van der Waals surface area contributed by atoms with Crippen molar-refractivity contribution in [3.8, 4) is 146 Å². The van der Waals surface area contributed by atoms with Crippen molar-refractivity contribution in [3.63, 3.8) is 0 Å². The number of rotatable bonds is 10. The zero-order valence-electron chi connectivity index (χ0n) is 57.8. The summed E-state index contributed by atoms with van der Waals surface area (Å²) in [6.45, 7) is 6.31. The maximum Gasteiger partial charge on any atom is 0.160 e. The van der Waals surface area contributed by atoms with E-state index in [2.05, 4.69) is 240 Å². The summed E-state index contributed by atoms with van der Waals surface area (Å²) >= 11 is 3.51. The topological polar surface area (TPSA) is 110 Å². The van der Waals surface area contributed by atoms with Gasteiger partial charge in [0, 0.05) is 59.8 Å². The van der Waals surface area contributed by atoms with Gasteiger partial charge < -0.3 is 19.7 Å². The second kappa shape index (κ2) is 29.4. The third-order valence-corrected chi connectivity index (χ3v) is 19.5. The molecule has 104 heavy (non-hydrogen) atoms. The molecule has 18 rings (SSSR count). The molecule has 0 saturated heterocycles. The van der Waals surface area contributed by atoms with Gasteiger partial charge in [-0.05, 0) is 138 Å². The zero-order valence-corrected chi connectivity index (χ0v) is 59.4. The highest BCUT2D eigenvalue weighted by Crippen LogP contribution is 2.49. The molecule has 0 atom stereocenters. The lowest BCUT2D eigenvalue weighted by molar-refractivity contribution is -0.107. The predicted molar refractivity (Wildman–Crippen MR) is 431 cm³/mol. The Kier molecular flexibility index (Phi) is 19.1. The highest BCUT2D eigenvalue weighted by molar-refractivity contribution is 9.10. The largest absolute Gasteiger partial charge is 0.456 e. The van der Waals surface area contributed by atoms with Crippen molar-refractivity contribution in [1.29, 1.82) is 0 Å². The number of hydrogen-bond acceptors (Lipinski definition) is 8. The molecule has 10 heteroatoms. The van der Waals surface area contributed by atoms with Crippen LogP contribution in [0.4, 0.5) is 0 Å². The normalized spacial score (nSPS) is 11.6. The fourth-order valence-electron chi connectivity index (χ4n) is 12.6. The van der Waals surface area contributed by atoms with Gasteiger partial charge in [-0.25, -0.2) is 19.9 Å². The maximum absolute atomic E-state index is 9.10. The summed E-state index contributed by atoms with van der Waals surface area (Å²) in [5.41, 5.74) is 20.2. The van der Waals surface area contributed by atoms with E-state index in [9.17, 15) is 0 Å². The van der Waals surface area contributed by atoms with E-state index in [1.54, 1.807) is 27.7 Å². The Bertz CT molecular complexity index is 5710. The number of hydrogen-bond donors (Lipinski definition) is 2. The van der Waals surface area contributed by atoms with Crippen LogP contribution < -0.4 is 14.9 Å². The lowest BCUT2D eigenvalue weighted by Gasteiger charge is -2.31. The number of aromatic nitrogens is 4. The van der Waals surface area contributed by atoms with Gasteiger partial charge in [0.15, 0.2) is 11.6 Å². The van der Waals surface area contributed by atoms with Crippen LogP contribution in [0.2, 0.25) is 0 Å². The molecule has 2 radical (unpaired) electrons. The van der Waals surface area contributed by atoms with Crippen molar-refractivity contribution in [2.45, 2.75) is 38.9 Å². The highest BCUT2D eigenvalue weighted by atomic mass is 79.9. The smallest absolute Gasteiger partial charge is 0.160 e. The number of aliphatic hydroxyl groups is 2. The number of nitrogens with zero attached hydrogens (tertiary/aromatic N) is 4. The van der Waals surface area contributed by atoms with Crippen LogP contribution in [-0.2, 0) is 0 Å². The molecule has 0 amide bonds. The van der Waals surface area contributed by atoms with Crippen LogP contribution in [0.5, 0.6) is 23.0 Å². The predicted octanol–water partition coefficient (Wildman–Crippen LogP) is 23.6. The van der Waals surface area contributed by atoms with Gasteiger partial charge in [-0.15, -0.1) is 0 Å². The summed E-state index contributed by atoms with van der Waals surface area (Å²) in [5.74, 6) is 5.02. The van der Waals surface area contributed by atoms with E-state index >= 15 is 0 Å². The summed E-state index contributed by atoms with van der Waals surface area (Å²) in [6, 6.07) is 117. The van der Waals surface area contributed by atoms with Gasteiger partial charge >= 0.3 is 0 Å². The first-order chi connectivity index (χ1) is 50.6. The van der Waals surface area contributed by atoms with Gasteiger partial charge in [-0.3, -0.25) is 0 Å². The molecular formula is C94H70BBrN4O4. The van der Waals surface area contributed by atoms with Gasteiger partial charge in [0.2, 0.25) is 0 Å². The van der Waals surface area contributed by atoms with Crippen LogP contribution in [0, 0.1) is 0 Å². The molecule has 14 aromatic carbocycles. The van der Waals surface area contributed by atoms with Gasteiger partial charge in [-0.2, -0.15) is 0 Å². The molecule has 2 N–H and O–H groups in total. The van der Waals surface area contributed by atoms with E-state index in [1.165, 1.54) is 49.5 Å². The number of halogens is 1. The molecule has 0 bridgehead atoms. The first-order valence-corrected chi connectivity index (χ1v) is 35.4. The highest BCUT2D eigenvalue weighted by Gasteiger charge is 2.32. The Morgan fingerprint density at radius 1 is 0.269 bits per heavy atom. The molecule has 0 spiro atoms. The summed E-state index contributed by atoms with van der Waals surface area (Å²) in [4.78, 5) is 19.8. The molecule has 2 aliphatic rings. The van der Waals surface area contributed by atoms with Gasteiger partial charge in [0.1, 0.15) is 30.8 Å². The Morgan fingerprint density at radius 2 is 0.567 bits per heavy atom. The van der Waals surface area contributed by atoms with Crippen molar-refractivity contribution in [1.82, 2.24) is 19.9 Å². The Hall–Kier alpha value is -12.2. The summed E-state index contributed by atoms with van der Waals surface area (Å²) in [6.07, 6.45) is 0.